The van der Waals surface area contributed by atoms with Gasteiger partial charge in [-0.3, -0.25) is 0 Å². The standard InChI is InChI=1S/C9H16O4/c1-5(10)6(2)13-8(9(11)12)7-3-4-7/h5-8,10H,3-4H2,1-2H3,(H,11,12). The number of carbonyl (C=O) groups is 1. The van der Waals surface area contributed by atoms with Crippen molar-refractivity contribution in [2.45, 2.75) is 45.0 Å². The molecule has 1 aliphatic rings. The molecule has 76 valence electrons. The summed E-state index contributed by atoms with van der Waals surface area (Å²) < 4.78 is 5.25. The zero-order valence-electron chi connectivity index (χ0n) is 7.93. The number of aliphatic carboxylic acids is 1. The third-order valence-corrected chi connectivity index (χ3v) is 2.33. The Bertz CT molecular complexity index is 186. The zero-order chi connectivity index (χ0) is 10.0. The molecule has 3 atom stereocenters. The van der Waals surface area contributed by atoms with Gasteiger partial charge in [-0.15, -0.1) is 0 Å². The van der Waals surface area contributed by atoms with Crippen molar-refractivity contribution in [1.29, 1.82) is 0 Å². The molecule has 0 bridgehead atoms. The van der Waals surface area contributed by atoms with Crippen LogP contribution in [0.2, 0.25) is 0 Å². The van der Waals surface area contributed by atoms with E-state index >= 15 is 0 Å². The van der Waals surface area contributed by atoms with E-state index in [-0.39, 0.29) is 5.92 Å². The number of hydrogen-bond acceptors (Lipinski definition) is 3. The van der Waals surface area contributed by atoms with Gasteiger partial charge in [-0.25, -0.2) is 4.79 Å². The maximum absolute atomic E-state index is 10.7. The minimum absolute atomic E-state index is 0.152. The monoisotopic (exact) mass is 188 g/mol. The Morgan fingerprint density at radius 1 is 1.46 bits per heavy atom. The second kappa shape index (κ2) is 4.07. The Labute approximate surface area is 77.5 Å². The highest BCUT2D eigenvalue weighted by Gasteiger charge is 2.38. The SMILES string of the molecule is CC(O)C(C)OC(C(=O)O)C1CC1. The van der Waals surface area contributed by atoms with Crippen LogP contribution < -0.4 is 0 Å². The second-order valence-electron chi connectivity index (χ2n) is 3.68. The van der Waals surface area contributed by atoms with Gasteiger partial charge in [0.15, 0.2) is 6.10 Å². The number of aliphatic hydroxyl groups is 1. The lowest BCUT2D eigenvalue weighted by atomic mass is 10.2. The Balaban J connectivity index is 2.42. The molecule has 1 rings (SSSR count). The van der Waals surface area contributed by atoms with Crippen molar-refractivity contribution in [3.8, 4) is 0 Å². The van der Waals surface area contributed by atoms with E-state index in [1.807, 2.05) is 0 Å². The summed E-state index contributed by atoms with van der Waals surface area (Å²) >= 11 is 0. The summed E-state index contributed by atoms with van der Waals surface area (Å²) in [5.74, 6) is -0.770. The van der Waals surface area contributed by atoms with Gasteiger partial charge < -0.3 is 14.9 Å². The Morgan fingerprint density at radius 2 is 2.00 bits per heavy atom. The van der Waals surface area contributed by atoms with Gasteiger partial charge >= 0.3 is 5.97 Å². The van der Waals surface area contributed by atoms with Crippen molar-refractivity contribution >= 4 is 5.97 Å². The lowest BCUT2D eigenvalue weighted by Crippen LogP contribution is -2.34. The molecule has 0 spiro atoms. The molecule has 4 heteroatoms. The summed E-state index contributed by atoms with van der Waals surface area (Å²) in [5.41, 5.74) is 0. The molecule has 1 aliphatic carbocycles. The van der Waals surface area contributed by atoms with Gasteiger partial charge in [0.2, 0.25) is 0 Å². The summed E-state index contributed by atoms with van der Waals surface area (Å²) in [4.78, 5) is 10.7. The lowest BCUT2D eigenvalue weighted by Gasteiger charge is -2.20. The Kier molecular flexibility index (Phi) is 3.27. The number of hydrogen-bond donors (Lipinski definition) is 2. The minimum atomic E-state index is -0.921. The first-order valence-electron chi connectivity index (χ1n) is 4.58. The van der Waals surface area contributed by atoms with E-state index in [2.05, 4.69) is 0 Å². The first kappa shape index (κ1) is 10.5. The number of aliphatic hydroxyl groups excluding tert-OH is 1. The fraction of sp³-hybridized carbons (Fsp3) is 0.889. The van der Waals surface area contributed by atoms with Crippen molar-refractivity contribution in [2.75, 3.05) is 0 Å². The minimum Gasteiger partial charge on any atom is -0.479 e. The van der Waals surface area contributed by atoms with Crippen LogP contribution in [0.25, 0.3) is 0 Å². The third kappa shape index (κ3) is 2.97. The number of ether oxygens (including phenoxy) is 1. The van der Waals surface area contributed by atoms with Gasteiger partial charge in [0.05, 0.1) is 12.2 Å². The van der Waals surface area contributed by atoms with Crippen molar-refractivity contribution in [1.82, 2.24) is 0 Å². The van der Waals surface area contributed by atoms with E-state index in [4.69, 9.17) is 14.9 Å². The summed E-state index contributed by atoms with van der Waals surface area (Å²) in [6, 6.07) is 0. The highest BCUT2D eigenvalue weighted by molar-refractivity contribution is 5.73. The van der Waals surface area contributed by atoms with E-state index < -0.39 is 24.3 Å². The predicted molar refractivity (Wildman–Crippen MR) is 46.4 cm³/mol. The van der Waals surface area contributed by atoms with Crippen molar-refractivity contribution in [3.05, 3.63) is 0 Å². The molecule has 0 radical (unpaired) electrons. The average Bonchev–Trinajstić information content (AvgIpc) is 2.81. The molecule has 1 fully saturated rings. The molecule has 1 saturated carbocycles. The van der Waals surface area contributed by atoms with E-state index in [0.29, 0.717) is 0 Å². The van der Waals surface area contributed by atoms with E-state index in [0.717, 1.165) is 12.8 Å². The highest BCUT2D eigenvalue weighted by Crippen LogP contribution is 2.35. The molecule has 2 N–H and O–H groups in total. The van der Waals surface area contributed by atoms with Crippen molar-refractivity contribution in [3.63, 3.8) is 0 Å². The molecule has 0 aliphatic heterocycles. The fourth-order valence-corrected chi connectivity index (χ4v) is 1.11. The first-order valence-corrected chi connectivity index (χ1v) is 4.58. The molecule has 0 aromatic carbocycles. The van der Waals surface area contributed by atoms with Gasteiger partial charge in [-0.1, -0.05) is 0 Å². The number of carboxylic acids is 1. The van der Waals surface area contributed by atoms with Gasteiger partial charge in [0, 0.05) is 0 Å². The molecule has 0 saturated heterocycles. The number of carboxylic acid groups (broad SMARTS) is 1. The largest absolute Gasteiger partial charge is 0.479 e. The highest BCUT2D eigenvalue weighted by atomic mass is 16.5. The molecule has 13 heavy (non-hydrogen) atoms. The fourth-order valence-electron chi connectivity index (χ4n) is 1.11. The summed E-state index contributed by atoms with van der Waals surface area (Å²) in [7, 11) is 0. The molecule has 3 unspecified atom stereocenters. The van der Waals surface area contributed by atoms with Gasteiger partial charge in [0.1, 0.15) is 0 Å². The van der Waals surface area contributed by atoms with Crippen LogP contribution >= 0.6 is 0 Å². The van der Waals surface area contributed by atoms with Crippen LogP contribution in [0, 0.1) is 5.92 Å². The normalized spacial score (nSPS) is 23.6. The summed E-state index contributed by atoms with van der Waals surface area (Å²) in [6.07, 6.45) is 0.0689. The Morgan fingerprint density at radius 3 is 2.31 bits per heavy atom. The lowest BCUT2D eigenvalue weighted by molar-refractivity contribution is -0.159. The maximum Gasteiger partial charge on any atom is 0.333 e. The van der Waals surface area contributed by atoms with Crippen LogP contribution in [-0.4, -0.2) is 34.5 Å². The second-order valence-corrected chi connectivity index (χ2v) is 3.68. The Hall–Kier alpha value is -0.610. The van der Waals surface area contributed by atoms with Crippen molar-refractivity contribution in [2.24, 2.45) is 5.92 Å². The molecular formula is C9H16O4. The third-order valence-electron chi connectivity index (χ3n) is 2.33. The number of rotatable bonds is 5. The van der Waals surface area contributed by atoms with Crippen LogP contribution in [0.15, 0.2) is 0 Å². The zero-order valence-corrected chi connectivity index (χ0v) is 7.93. The van der Waals surface area contributed by atoms with Gasteiger partial charge in [-0.05, 0) is 32.6 Å². The topological polar surface area (TPSA) is 66.8 Å². The molecule has 0 heterocycles. The van der Waals surface area contributed by atoms with E-state index in [1.54, 1.807) is 13.8 Å². The van der Waals surface area contributed by atoms with Gasteiger partial charge in [-0.2, -0.15) is 0 Å². The smallest absolute Gasteiger partial charge is 0.333 e. The molecule has 0 aromatic heterocycles. The van der Waals surface area contributed by atoms with Crippen LogP contribution in [-0.2, 0) is 9.53 Å². The van der Waals surface area contributed by atoms with Crippen LogP contribution in [0.3, 0.4) is 0 Å². The van der Waals surface area contributed by atoms with Crippen LogP contribution in [0.1, 0.15) is 26.7 Å². The van der Waals surface area contributed by atoms with E-state index in [9.17, 15) is 4.79 Å². The summed E-state index contributed by atoms with van der Waals surface area (Å²) in [6.45, 7) is 3.28. The average molecular weight is 188 g/mol. The van der Waals surface area contributed by atoms with Crippen LogP contribution in [0.4, 0.5) is 0 Å². The molecule has 0 aromatic rings. The molecule has 0 amide bonds. The predicted octanol–water partition coefficient (Wildman–Crippen LogP) is 0.635. The first-order chi connectivity index (χ1) is 6.02. The van der Waals surface area contributed by atoms with Crippen molar-refractivity contribution < 1.29 is 19.7 Å². The maximum atomic E-state index is 10.7. The van der Waals surface area contributed by atoms with E-state index in [1.165, 1.54) is 0 Å². The molecular weight excluding hydrogens is 172 g/mol. The van der Waals surface area contributed by atoms with Crippen LogP contribution in [0.5, 0.6) is 0 Å². The quantitative estimate of drug-likeness (QED) is 0.664. The van der Waals surface area contributed by atoms with Gasteiger partial charge in [0.25, 0.3) is 0 Å². The molecule has 4 nitrogen and oxygen atoms in total. The summed E-state index contributed by atoms with van der Waals surface area (Å²) in [5, 5.41) is 17.9.